The Bertz CT molecular complexity index is 1510. The number of aliphatic hydroxyl groups excluding tert-OH is 1. The number of rotatable bonds is 8. The van der Waals surface area contributed by atoms with Crippen LogP contribution < -0.4 is 14.8 Å². The SMILES string of the molecule is Cc1noc(C)c1NC(=O)N(C)C[C@@H]1Oc2ccc(NS(=O)(=O)c3cn(C)cn3)cc2C(=O)N([C@H](C)CO)C[C@@H]1C. The van der Waals surface area contributed by atoms with E-state index in [1.807, 2.05) is 6.92 Å². The number of nitrogens with one attached hydrogen (secondary N) is 2. The number of aliphatic hydroxyl groups is 1. The smallest absolute Gasteiger partial charge is 0.321 e. The zero-order valence-corrected chi connectivity index (χ0v) is 24.6. The van der Waals surface area contributed by atoms with Gasteiger partial charge in [0.15, 0.2) is 10.8 Å². The van der Waals surface area contributed by atoms with Crippen molar-refractivity contribution in [2.45, 2.75) is 44.9 Å². The van der Waals surface area contributed by atoms with Crippen molar-refractivity contribution >= 4 is 33.3 Å². The molecule has 0 spiro atoms. The van der Waals surface area contributed by atoms with Gasteiger partial charge in [0, 0.05) is 38.4 Å². The monoisotopic (exact) mass is 589 g/mol. The molecule has 0 radical (unpaired) electrons. The van der Waals surface area contributed by atoms with Crippen molar-refractivity contribution in [3.63, 3.8) is 0 Å². The second-order valence-electron chi connectivity index (χ2n) is 10.3. The van der Waals surface area contributed by atoms with E-state index in [0.717, 1.165) is 0 Å². The van der Waals surface area contributed by atoms with Crippen LogP contribution in [0, 0.1) is 19.8 Å². The van der Waals surface area contributed by atoms with Crippen LogP contribution in [-0.2, 0) is 17.1 Å². The van der Waals surface area contributed by atoms with Crippen LogP contribution in [0.3, 0.4) is 0 Å². The Morgan fingerprint density at radius 1 is 1.32 bits per heavy atom. The number of anilines is 2. The average molecular weight is 590 g/mol. The summed E-state index contributed by atoms with van der Waals surface area (Å²) < 4.78 is 41.1. The quantitative estimate of drug-likeness (QED) is 0.356. The number of amides is 3. The number of benzene rings is 1. The fraction of sp³-hybridized carbons (Fsp3) is 0.462. The van der Waals surface area contributed by atoms with E-state index in [-0.39, 0.29) is 47.6 Å². The Morgan fingerprint density at radius 2 is 2.05 bits per heavy atom. The molecule has 3 atom stereocenters. The number of nitrogens with zero attached hydrogens (tertiary/aromatic N) is 5. The van der Waals surface area contributed by atoms with Crippen molar-refractivity contribution in [2.75, 3.05) is 36.8 Å². The van der Waals surface area contributed by atoms with Gasteiger partial charge in [0.1, 0.15) is 23.2 Å². The van der Waals surface area contributed by atoms with Crippen LogP contribution in [0.2, 0.25) is 0 Å². The number of likely N-dealkylation sites (N-methyl/N-ethyl adjacent to an activating group) is 1. The molecular weight excluding hydrogens is 554 g/mol. The van der Waals surface area contributed by atoms with E-state index in [1.165, 1.54) is 45.1 Å². The van der Waals surface area contributed by atoms with Gasteiger partial charge in [-0.2, -0.15) is 8.42 Å². The number of imidazole rings is 1. The van der Waals surface area contributed by atoms with E-state index in [0.29, 0.717) is 17.1 Å². The molecule has 15 heteroatoms. The number of aromatic nitrogens is 3. The molecule has 41 heavy (non-hydrogen) atoms. The topological polar surface area (TPSA) is 172 Å². The second kappa shape index (κ2) is 11.8. The molecular formula is C26H35N7O7S. The molecule has 3 amide bonds. The number of ether oxygens (including phenoxy) is 1. The number of hydrogen-bond donors (Lipinski definition) is 3. The van der Waals surface area contributed by atoms with Crippen LogP contribution in [0.15, 0.2) is 40.3 Å². The normalized spacial score (nSPS) is 18.1. The van der Waals surface area contributed by atoms with Crippen molar-refractivity contribution in [1.29, 1.82) is 0 Å². The molecule has 3 aromatic rings. The van der Waals surface area contributed by atoms with Gasteiger partial charge in [-0.05, 0) is 39.0 Å². The Labute approximate surface area is 238 Å². The Hall–Kier alpha value is -4.11. The lowest BCUT2D eigenvalue weighted by Crippen LogP contribution is -2.50. The molecule has 1 aromatic carbocycles. The van der Waals surface area contributed by atoms with E-state index in [4.69, 9.17) is 9.26 Å². The molecule has 1 aliphatic heterocycles. The molecule has 3 heterocycles. The summed E-state index contributed by atoms with van der Waals surface area (Å²) in [4.78, 5) is 33.5. The first-order valence-corrected chi connectivity index (χ1v) is 14.5. The molecule has 0 saturated heterocycles. The lowest BCUT2D eigenvalue weighted by Gasteiger charge is -2.38. The van der Waals surface area contributed by atoms with Crippen LogP contribution in [0.25, 0.3) is 0 Å². The molecule has 3 N–H and O–H groups in total. The lowest BCUT2D eigenvalue weighted by molar-refractivity contribution is 0.0371. The molecule has 222 valence electrons. The third-order valence-electron chi connectivity index (χ3n) is 6.94. The van der Waals surface area contributed by atoms with E-state index in [2.05, 4.69) is 20.2 Å². The van der Waals surface area contributed by atoms with Crippen LogP contribution in [0.1, 0.15) is 35.7 Å². The minimum atomic E-state index is -4.01. The predicted octanol–water partition coefficient (Wildman–Crippen LogP) is 2.21. The van der Waals surface area contributed by atoms with Crippen LogP contribution in [0.4, 0.5) is 16.2 Å². The number of sulfonamides is 1. The number of fused-ring (bicyclic) bond motifs is 1. The molecule has 0 unspecified atom stereocenters. The van der Waals surface area contributed by atoms with Gasteiger partial charge in [0.05, 0.1) is 31.1 Å². The first kappa shape index (κ1) is 29.9. The second-order valence-corrected chi connectivity index (χ2v) is 12.0. The maximum absolute atomic E-state index is 13.7. The average Bonchev–Trinajstić information content (AvgIpc) is 3.51. The summed E-state index contributed by atoms with van der Waals surface area (Å²) in [6.07, 6.45) is 2.18. The minimum absolute atomic E-state index is 0.117. The molecule has 0 aliphatic carbocycles. The third kappa shape index (κ3) is 6.46. The summed E-state index contributed by atoms with van der Waals surface area (Å²) in [7, 11) is -0.735. The highest BCUT2D eigenvalue weighted by Crippen LogP contribution is 2.31. The van der Waals surface area contributed by atoms with Gasteiger partial charge in [0.25, 0.3) is 15.9 Å². The van der Waals surface area contributed by atoms with Crippen LogP contribution >= 0.6 is 0 Å². The molecule has 14 nitrogen and oxygen atoms in total. The summed E-state index contributed by atoms with van der Waals surface area (Å²) in [5, 5.41) is 16.4. The molecule has 0 saturated carbocycles. The summed E-state index contributed by atoms with van der Waals surface area (Å²) in [6, 6.07) is 3.49. The number of urea groups is 1. The van der Waals surface area contributed by atoms with Gasteiger partial charge in [-0.3, -0.25) is 9.52 Å². The van der Waals surface area contributed by atoms with Gasteiger partial charge >= 0.3 is 6.03 Å². The fourth-order valence-corrected chi connectivity index (χ4v) is 5.49. The Kier molecular flexibility index (Phi) is 8.58. The maximum Gasteiger partial charge on any atom is 0.321 e. The van der Waals surface area contributed by atoms with E-state index < -0.39 is 34.1 Å². The predicted molar refractivity (Wildman–Crippen MR) is 149 cm³/mol. The standard InChI is InChI=1S/C26H35N7O7S/c1-15-10-33(16(2)13-34)25(35)20-9-19(30-41(37,38)23-12-31(5)14-27-23)7-8-21(20)39-22(15)11-32(6)26(36)28-24-17(3)29-40-18(24)4/h7-9,12,14-16,22,30,34H,10-11,13H2,1-6H3,(H,28,36)/t15-,16+,22-/m0/s1. The zero-order valence-electron chi connectivity index (χ0n) is 23.8. The molecule has 2 aromatic heterocycles. The van der Waals surface area contributed by atoms with Gasteiger partial charge in [-0.15, -0.1) is 0 Å². The summed E-state index contributed by atoms with van der Waals surface area (Å²) in [5.41, 5.74) is 1.30. The lowest BCUT2D eigenvalue weighted by atomic mass is 9.99. The summed E-state index contributed by atoms with van der Waals surface area (Å²) in [6.45, 7) is 7.17. The number of carbonyl (C=O) groups is 2. The minimum Gasteiger partial charge on any atom is -0.487 e. The van der Waals surface area contributed by atoms with Crippen molar-refractivity contribution < 1.29 is 32.4 Å². The third-order valence-corrected chi connectivity index (χ3v) is 8.21. The molecule has 1 aliphatic rings. The number of carbonyl (C=O) groups excluding carboxylic acids is 2. The van der Waals surface area contributed by atoms with Crippen LogP contribution in [-0.4, -0.2) is 88.9 Å². The first-order chi connectivity index (χ1) is 19.3. The van der Waals surface area contributed by atoms with E-state index >= 15 is 0 Å². The van der Waals surface area contributed by atoms with Crippen LogP contribution in [0.5, 0.6) is 5.75 Å². The van der Waals surface area contributed by atoms with Crippen molar-refractivity contribution in [2.24, 2.45) is 13.0 Å². The van der Waals surface area contributed by atoms with Gasteiger partial charge in [-0.1, -0.05) is 12.1 Å². The highest BCUT2D eigenvalue weighted by molar-refractivity contribution is 7.92. The van der Waals surface area contributed by atoms with Crippen molar-refractivity contribution in [3.05, 3.63) is 47.7 Å². The Balaban J connectivity index is 1.62. The molecule has 0 fully saturated rings. The van der Waals surface area contributed by atoms with Gasteiger partial charge in [0.2, 0.25) is 0 Å². The van der Waals surface area contributed by atoms with Gasteiger partial charge < -0.3 is 34.1 Å². The highest BCUT2D eigenvalue weighted by Gasteiger charge is 2.34. The first-order valence-electron chi connectivity index (χ1n) is 13.0. The van der Waals surface area contributed by atoms with Crippen molar-refractivity contribution in [1.82, 2.24) is 24.5 Å². The molecule has 4 rings (SSSR count). The number of aryl methyl sites for hydroxylation is 3. The fourth-order valence-electron chi connectivity index (χ4n) is 4.46. The largest absolute Gasteiger partial charge is 0.487 e. The highest BCUT2D eigenvalue weighted by atomic mass is 32.2. The maximum atomic E-state index is 13.7. The Morgan fingerprint density at radius 3 is 2.66 bits per heavy atom. The number of hydrogen-bond acceptors (Lipinski definition) is 9. The van der Waals surface area contributed by atoms with E-state index in [1.54, 1.807) is 34.9 Å². The molecule has 0 bridgehead atoms. The van der Waals surface area contributed by atoms with E-state index in [9.17, 15) is 23.1 Å². The summed E-state index contributed by atoms with van der Waals surface area (Å²) in [5.74, 6) is 0.0466. The zero-order chi connectivity index (χ0) is 30.1. The van der Waals surface area contributed by atoms with Crippen molar-refractivity contribution in [3.8, 4) is 5.75 Å². The summed E-state index contributed by atoms with van der Waals surface area (Å²) >= 11 is 0. The van der Waals surface area contributed by atoms with Gasteiger partial charge in [-0.25, -0.2) is 9.78 Å².